The molecule has 0 unspecified atom stereocenters. The Balaban J connectivity index is 1.90. The van der Waals surface area contributed by atoms with Crippen LogP contribution in [0.3, 0.4) is 0 Å². The van der Waals surface area contributed by atoms with E-state index >= 15 is 0 Å². The SMILES string of the molecule is CC1(CNCc2cccc(F)c2O)CC1. The van der Waals surface area contributed by atoms with Crippen molar-refractivity contribution in [3.8, 4) is 5.75 Å². The number of hydrogen-bond acceptors (Lipinski definition) is 2. The summed E-state index contributed by atoms with van der Waals surface area (Å²) >= 11 is 0. The van der Waals surface area contributed by atoms with Crippen LogP contribution in [0, 0.1) is 11.2 Å². The normalized spacial score (nSPS) is 17.7. The van der Waals surface area contributed by atoms with Crippen LogP contribution < -0.4 is 5.32 Å². The zero-order chi connectivity index (χ0) is 10.9. The molecule has 0 saturated heterocycles. The van der Waals surface area contributed by atoms with Crippen LogP contribution in [0.2, 0.25) is 0 Å². The van der Waals surface area contributed by atoms with E-state index in [4.69, 9.17) is 0 Å². The van der Waals surface area contributed by atoms with Crippen molar-refractivity contribution in [2.75, 3.05) is 6.54 Å². The number of nitrogens with one attached hydrogen (secondary N) is 1. The van der Waals surface area contributed by atoms with Gasteiger partial charge in [0.2, 0.25) is 0 Å². The van der Waals surface area contributed by atoms with E-state index < -0.39 is 5.82 Å². The summed E-state index contributed by atoms with van der Waals surface area (Å²) in [5.41, 5.74) is 1.06. The van der Waals surface area contributed by atoms with Crippen LogP contribution in [0.4, 0.5) is 4.39 Å². The molecule has 2 nitrogen and oxygen atoms in total. The van der Waals surface area contributed by atoms with Crippen LogP contribution in [-0.4, -0.2) is 11.7 Å². The van der Waals surface area contributed by atoms with Gasteiger partial charge in [-0.25, -0.2) is 4.39 Å². The first-order chi connectivity index (χ1) is 7.11. The molecule has 0 spiro atoms. The zero-order valence-corrected chi connectivity index (χ0v) is 8.89. The van der Waals surface area contributed by atoms with Gasteiger partial charge in [-0.3, -0.25) is 0 Å². The molecule has 0 aliphatic heterocycles. The molecular formula is C12H16FNO. The maximum absolute atomic E-state index is 13.0. The smallest absolute Gasteiger partial charge is 0.165 e. The lowest BCUT2D eigenvalue weighted by Gasteiger charge is -2.10. The Labute approximate surface area is 89.1 Å². The lowest BCUT2D eigenvalue weighted by atomic mass is 10.1. The van der Waals surface area contributed by atoms with Crippen LogP contribution in [0.15, 0.2) is 18.2 Å². The summed E-state index contributed by atoms with van der Waals surface area (Å²) in [5.74, 6) is -0.780. The van der Waals surface area contributed by atoms with Crippen molar-refractivity contribution < 1.29 is 9.50 Å². The van der Waals surface area contributed by atoms with Gasteiger partial charge in [0.25, 0.3) is 0 Å². The van der Waals surface area contributed by atoms with Crippen LogP contribution in [0.25, 0.3) is 0 Å². The summed E-state index contributed by atoms with van der Waals surface area (Å²) in [7, 11) is 0. The van der Waals surface area contributed by atoms with Gasteiger partial charge >= 0.3 is 0 Å². The monoisotopic (exact) mass is 209 g/mol. The Morgan fingerprint density at radius 3 is 2.87 bits per heavy atom. The van der Waals surface area contributed by atoms with E-state index in [-0.39, 0.29) is 5.75 Å². The van der Waals surface area contributed by atoms with Gasteiger partial charge < -0.3 is 10.4 Å². The van der Waals surface area contributed by atoms with Crippen molar-refractivity contribution in [1.29, 1.82) is 0 Å². The molecule has 82 valence electrons. The topological polar surface area (TPSA) is 32.3 Å². The average Bonchev–Trinajstić information content (AvgIpc) is 2.92. The third-order valence-electron chi connectivity index (χ3n) is 3.04. The quantitative estimate of drug-likeness (QED) is 0.798. The Bertz CT molecular complexity index is 361. The third-order valence-corrected chi connectivity index (χ3v) is 3.04. The number of hydrogen-bond donors (Lipinski definition) is 2. The van der Waals surface area contributed by atoms with Gasteiger partial charge in [0.05, 0.1) is 0 Å². The zero-order valence-electron chi connectivity index (χ0n) is 8.89. The summed E-state index contributed by atoms with van der Waals surface area (Å²) in [5, 5.41) is 12.7. The highest BCUT2D eigenvalue weighted by Crippen LogP contribution is 2.44. The van der Waals surface area contributed by atoms with Gasteiger partial charge in [0.1, 0.15) is 0 Å². The van der Waals surface area contributed by atoms with Crippen molar-refractivity contribution >= 4 is 0 Å². The predicted molar refractivity (Wildman–Crippen MR) is 57.1 cm³/mol. The van der Waals surface area contributed by atoms with E-state index in [1.165, 1.54) is 18.9 Å². The Kier molecular flexibility index (Phi) is 2.65. The molecule has 1 aliphatic carbocycles. The van der Waals surface area contributed by atoms with Crippen LogP contribution in [-0.2, 0) is 6.54 Å². The number of para-hydroxylation sites is 1. The van der Waals surface area contributed by atoms with Gasteiger partial charge in [-0.1, -0.05) is 19.1 Å². The summed E-state index contributed by atoms with van der Waals surface area (Å²) in [6.45, 7) is 3.69. The predicted octanol–water partition coefficient (Wildman–Crippen LogP) is 2.42. The highest BCUT2D eigenvalue weighted by molar-refractivity contribution is 5.33. The molecule has 0 amide bonds. The van der Waals surface area contributed by atoms with E-state index in [1.54, 1.807) is 12.1 Å². The largest absolute Gasteiger partial charge is 0.505 e. The summed E-state index contributed by atoms with van der Waals surface area (Å²) < 4.78 is 13.0. The van der Waals surface area contributed by atoms with Crippen molar-refractivity contribution in [3.05, 3.63) is 29.6 Å². The van der Waals surface area contributed by atoms with Gasteiger partial charge in [-0.2, -0.15) is 0 Å². The average molecular weight is 209 g/mol. The highest BCUT2D eigenvalue weighted by Gasteiger charge is 2.36. The second kappa shape index (κ2) is 3.81. The molecule has 3 heteroatoms. The maximum atomic E-state index is 13.0. The van der Waals surface area contributed by atoms with Gasteiger partial charge in [-0.05, 0) is 24.3 Å². The molecule has 0 aromatic heterocycles. The van der Waals surface area contributed by atoms with Crippen LogP contribution in [0.5, 0.6) is 5.75 Å². The van der Waals surface area contributed by atoms with E-state index in [1.807, 2.05) is 0 Å². The molecule has 1 aromatic rings. The molecular weight excluding hydrogens is 193 g/mol. The standard InChI is InChI=1S/C12H16FNO/c1-12(5-6-12)8-14-7-9-3-2-4-10(13)11(9)15/h2-4,14-15H,5-8H2,1H3. The fourth-order valence-corrected chi connectivity index (χ4v) is 1.59. The molecule has 1 aliphatic rings. The van der Waals surface area contributed by atoms with E-state index in [2.05, 4.69) is 12.2 Å². The van der Waals surface area contributed by atoms with E-state index in [9.17, 15) is 9.50 Å². The Morgan fingerprint density at radius 2 is 2.20 bits per heavy atom. The molecule has 2 rings (SSSR count). The van der Waals surface area contributed by atoms with E-state index in [0.29, 0.717) is 17.5 Å². The minimum absolute atomic E-state index is 0.231. The molecule has 2 N–H and O–H groups in total. The lowest BCUT2D eigenvalue weighted by Crippen LogP contribution is -2.21. The summed E-state index contributed by atoms with van der Waals surface area (Å²) in [6, 6.07) is 4.62. The Hall–Kier alpha value is -1.09. The second-order valence-corrected chi connectivity index (χ2v) is 4.66. The fraction of sp³-hybridized carbons (Fsp3) is 0.500. The van der Waals surface area contributed by atoms with Crippen LogP contribution in [0.1, 0.15) is 25.3 Å². The van der Waals surface area contributed by atoms with Gasteiger partial charge in [0.15, 0.2) is 11.6 Å². The lowest BCUT2D eigenvalue weighted by molar-refractivity contribution is 0.419. The number of benzene rings is 1. The van der Waals surface area contributed by atoms with Gasteiger partial charge in [-0.15, -0.1) is 0 Å². The molecule has 0 heterocycles. The number of rotatable bonds is 4. The maximum Gasteiger partial charge on any atom is 0.165 e. The minimum Gasteiger partial charge on any atom is -0.505 e. The highest BCUT2D eigenvalue weighted by atomic mass is 19.1. The molecule has 0 radical (unpaired) electrons. The minimum atomic E-state index is -0.549. The fourth-order valence-electron chi connectivity index (χ4n) is 1.59. The molecule has 1 aromatic carbocycles. The Morgan fingerprint density at radius 1 is 1.47 bits per heavy atom. The number of phenols is 1. The number of halogens is 1. The number of aromatic hydroxyl groups is 1. The van der Waals surface area contributed by atoms with Crippen LogP contribution >= 0.6 is 0 Å². The molecule has 0 atom stereocenters. The van der Waals surface area contributed by atoms with Crippen molar-refractivity contribution in [2.45, 2.75) is 26.3 Å². The van der Waals surface area contributed by atoms with Crippen molar-refractivity contribution in [3.63, 3.8) is 0 Å². The second-order valence-electron chi connectivity index (χ2n) is 4.66. The molecule has 0 bridgehead atoms. The molecule has 1 fully saturated rings. The third kappa shape index (κ3) is 2.48. The van der Waals surface area contributed by atoms with Gasteiger partial charge in [0, 0.05) is 18.7 Å². The van der Waals surface area contributed by atoms with E-state index in [0.717, 1.165) is 6.54 Å². The summed E-state index contributed by atoms with van der Waals surface area (Å²) in [6.07, 6.45) is 2.52. The number of phenolic OH excluding ortho intramolecular Hbond substituents is 1. The van der Waals surface area contributed by atoms with Crippen molar-refractivity contribution in [2.24, 2.45) is 5.41 Å². The molecule has 15 heavy (non-hydrogen) atoms. The summed E-state index contributed by atoms with van der Waals surface area (Å²) in [4.78, 5) is 0. The first-order valence-corrected chi connectivity index (χ1v) is 5.28. The molecule has 1 saturated carbocycles. The van der Waals surface area contributed by atoms with Crippen molar-refractivity contribution in [1.82, 2.24) is 5.32 Å². The first kappa shape index (κ1) is 10.4. The first-order valence-electron chi connectivity index (χ1n) is 5.28.